The summed E-state index contributed by atoms with van der Waals surface area (Å²) in [5.41, 5.74) is 1.23. The summed E-state index contributed by atoms with van der Waals surface area (Å²) in [4.78, 5) is 35.8. The molecule has 0 bridgehead atoms. The van der Waals surface area contributed by atoms with Crippen molar-refractivity contribution in [1.82, 2.24) is 0 Å². The van der Waals surface area contributed by atoms with Crippen LogP contribution in [0.2, 0.25) is 0 Å². The molecule has 0 amide bonds. The van der Waals surface area contributed by atoms with Crippen molar-refractivity contribution in [3.05, 3.63) is 71.8 Å². The van der Waals surface area contributed by atoms with Crippen LogP contribution in [0.1, 0.15) is 85.9 Å². The predicted molar refractivity (Wildman–Crippen MR) is 142 cm³/mol. The predicted octanol–water partition coefficient (Wildman–Crippen LogP) is 6.70. The van der Waals surface area contributed by atoms with E-state index in [9.17, 15) is 14.4 Å². The van der Waals surface area contributed by atoms with Gasteiger partial charge in [-0.15, -0.1) is 0 Å². The van der Waals surface area contributed by atoms with Crippen LogP contribution in [0.4, 0.5) is 0 Å². The van der Waals surface area contributed by atoms with Crippen molar-refractivity contribution < 1.29 is 33.3 Å². The molecular formula is C30H38O7. The fourth-order valence-corrected chi connectivity index (χ4v) is 3.33. The molecule has 0 N–H and O–H groups in total. The van der Waals surface area contributed by atoms with Gasteiger partial charge in [0.15, 0.2) is 0 Å². The molecule has 0 aliphatic heterocycles. The maximum Gasteiger partial charge on any atom is 0.343 e. The SMILES string of the molecule is C=C(C)C(=O)OCCCCCCOc1ccc(C(=O)Oc2ccc(C(=O)OCCCCCC)cc2)cc1. The van der Waals surface area contributed by atoms with Crippen molar-refractivity contribution in [2.75, 3.05) is 19.8 Å². The van der Waals surface area contributed by atoms with Crippen LogP contribution in [0.15, 0.2) is 60.7 Å². The zero-order chi connectivity index (χ0) is 26.9. The summed E-state index contributed by atoms with van der Waals surface area (Å²) in [7, 11) is 0. The van der Waals surface area contributed by atoms with E-state index in [0.29, 0.717) is 48.0 Å². The van der Waals surface area contributed by atoms with Crippen molar-refractivity contribution >= 4 is 17.9 Å². The molecule has 2 aromatic carbocycles. The van der Waals surface area contributed by atoms with E-state index >= 15 is 0 Å². The Labute approximate surface area is 219 Å². The molecule has 0 heterocycles. The third-order valence-corrected chi connectivity index (χ3v) is 5.51. The maximum atomic E-state index is 12.4. The van der Waals surface area contributed by atoms with Gasteiger partial charge in [-0.05, 0) is 87.6 Å². The van der Waals surface area contributed by atoms with Gasteiger partial charge in [-0.3, -0.25) is 0 Å². The van der Waals surface area contributed by atoms with Gasteiger partial charge in [0.1, 0.15) is 11.5 Å². The van der Waals surface area contributed by atoms with E-state index < -0.39 is 5.97 Å². The van der Waals surface area contributed by atoms with Crippen molar-refractivity contribution in [3.8, 4) is 11.5 Å². The molecule has 0 fully saturated rings. The van der Waals surface area contributed by atoms with E-state index in [1.165, 1.54) is 0 Å². The van der Waals surface area contributed by atoms with Crippen LogP contribution < -0.4 is 9.47 Å². The summed E-state index contributed by atoms with van der Waals surface area (Å²) in [6.45, 7) is 8.68. The average Bonchev–Trinajstić information content (AvgIpc) is 2.90. The average molecular weight is 511 g/mol. The Kier molecular flexibility index (Phi) is 13.6. The van der Waals surface area contributed by atoms with Gasteiger partial charge in [0, 0.05) is 5.57 Å². The third kappa shape index (κ3) is 11.8. The Balaban J connectivity index is 1.66. The van der Waals surface area contributed by atoms with Crippen LogP contribution in [0.5, 0.6) is 11.5 Å². The van der Waals surface area contributed by atoms with Crippen LogP contribution in [-0.4, -0.2) is 37.7 Å². The third-order valence-electron chi connectivity index (χ3n) is 5.51. The molecule has 0 aromatic heterocycles. The van der Waals surface area contributed by atoms with Crippen LogP contribution >= 0.6 is 0 Å². The van der Waals surface area contributed by atoms with Gasteiger partial charge < -0.3 is 18.9 Å². The first kappa shape index (κ1) is 29.6. The first-order chi connectivity index (χ1) is 17.9. The first-order valence-electron chi connectivity index (χ1n) is 13.0. The zero-order valence-electron chi connectivity index (χ0n) is 22.0. The van der Waals surface area contributed by atoms with E-state index in [1.54, 1.807) is 55.5 Å². The summed E-state index contributed by atoms with van der Waals surface area (Å²) < 4.78 is 21.5. The molecule has 37 heavy (non-hydrogen) atoms. The summed E-state index contributed by atoms with van der Waals surface area (Å²) in [6, 6.07) is 13.1. The van der Waals surface area contributed by atoms with Crippen LogP contribution in [-0.2, 0) is 14.3 Å². The molecule has 200 valence electrons. The number of esters is 3. The molecule has 0 saturated carbocycles. The van der Waals surface area contributed by atoms with E-state index in [4.69, 9.17) is 18.9 Å². The highest BCUT2D eigenvalue weighted by molar-refractivity contribution is 5.92. The summed E-state index contributed by atoms with van der Waals surface area (Å²) in [5, 5.41) is 0. The highest BCUT2D eigenvalue weighted by Gasteiger charge is 2.11. The Hall–Kier alpha value is -3.61. The Morgan fingerprint density at radius 1 is 0.649 bits per heavy atom. The highest BCUT2D eigenvalue weighted by Crippen LogP contribution is 2.18. The fourth-order valence-electron chi connectivity index (χ4n) is 3.33. The van der Waals surface area contributed by atoms with Crippen LogP contribution in [0.25, 0.3) is 0 Å². The minimum absolute atomic E-state index is 0.346. The molecule has 0 saturated heterocycles. The summed E-state index contributed by atoms with van der Waals surface area (Å²) in [6.07, 6.45) is 7.75. The smallest absolute Gasteiger partial charge is 0.343 e. The standard InChI is InChI=1S/C30H38O7/c1-4-5-6-9-22-36-29(32)24-14-18-27(19-15-24)37-30(33)25-12-16-26(17-13-25)34-20-10-7-8-11-21-35-28(31)23(2)3/h12-19H,2,4-11,20-22H2,1,3H3. The lowest BCUT2D eigenvalue weighted by molar-refractivity contribution is -0.139. The number of carbonyl (C=O) groups is 3. The lowest BCUT2D eigenvalue weighted by Gasteiger charge is -2.08. The number of ether oxygens (including phenoxy) is 4. The van der Waals surface area contributed by atoms with E-state index in [0.717, 1.165) is 51.4 Å². The van der Waals surface area contributed by atoms with Gasteiger partial charge in [-0.25, -0.2) is 14.4 Å². The Bertz CT molecular complexity index is 994. The number of hydrogen-bond acceptors (Lipinski definition) is 7. The van der Waals surface area contributed by atoms with Crippen LogP contribution in [0, 0.1) is 0 Å². The molecule has 0 spiro atoms. The van der Waals surface area contributed by atoms with Gasteiger partial charge in [0.2, 0.25) is 0 Å². The quantitative estimate of drug-likeness (QED) is 0.101. The molecule has 2 rings (SSSR count). The minimum atomic E-state index is -0.495. The number of carbonyl (C=O) groups excluding carboxylic acids is 3. The molecule has 0 atom stereocenters. The molecule has 0 aliphatic rings. The number of benzene rings is 2. The fraction of sp³-hybridized carbons (Fsp3) is 0.433. The van der Waals surface area contributed by atoms with Crippen LogP contribution in [0.3, 0.4) is 0 Å². The second-order valence-corrected chi connectivity index (χ2v) is 8.81. The largest absolute Gasteiger partial charge is 0.494 e. The number of rotatable bonds is 17. The van der Waals surface area contributed by atoms with Crippen molar-refractivity contribution in [2.24, 2.45) is 0 Å². The Morgan fingerprint density at radius 2 is 1.16 bits per heavy atom. The van der Waals surface area contributed by atoms with Crippen molar-refractivity contribution in [2.45, 2.75) is 65.2 Å². The zero-order valence-corrected chi connectivity index (χ0v) is 22.0. The van der Waals surface area contributed by atoms with Crippen molar-refractivity contribution in [1.29, 1.82) is 0 Å². The second-order valence-electron chi connectivity index (χ2n) is 8.81. The van der Waals surface area contributed by atoms with E-state index in [1.807, 2.05) is 0 Å². The Morgan fingerprint density at radius 3 is 1.76 bits per heavy atom. The van der Waals surface area contributed by atoms with E-state index in [2.05, 4.69) is 13.5 Å². The van der Waals surface area contributed by atoms with Gasteiger partial charge in [0.05, 0.1) is 30.9 Å². The summed E-state index contributed by atoms with van der Waals surface area (Å²) >= 11 is 0. The van der Waals surface area contributed by atoms with Gasteiger partial charge in [-0.2, -0.15) is 0 Å². The monoisotopic (exact) mass is 510 g/mol. The maximum absolute atomic E-state index is 12.4. The molecular weight excluding hydrogens is 472 g/mol. The number of unbranched alkanes of at least 4 members (excludes halogenated alkanes) is 6. The molecule has 7 heteroatoms. The number of hydrogen-bond donors (Lipinski definition) is 0. The van der Waals surface area contributed by atoms with Gasteiger partial charge in [0.25, 0.3) is 0 Å². The first-order valence-corrected chi connectivity index (χ1v) is 13.0. The molecule has 0 radical (unpaired) electrons. The molecule has 0 unspecified atom stereocenters. The molecule has 7 nitrogen and oxygen atoms in total. The van der Waals surface area contributed by atoms with Gasteiger partial charge in [-0.1, -0.05) is 32.8 Å². The highest BCUT2D eigenvalue weighted by atomic mass is 16.5. The minimum Gasteiger partial charge on any atom is -0.494 e. The molecule has 0 aliphatic carbocycles. The second kappa shape index (κ2) is 17.0. The van der Waals surface area contributed by atoms with Crippen molar-refractivity contribution in [3.63, 3.8) is 0 Å². The van der Waals surface area contributed by atoms with E-state index in [-0.39, 0.29) is 11.9 Å². The normalized spacial score (nSPS) is 10.4. The summed E-state index contributed by atoms with van der Waals surface area (Å²) in [5.74, 6) is -0.207. The lowest BCUT2D eigenvalue weighted by atomic mass is 10.2. The topological polar surface area (TPSA) is 88.1 Å². The lowest BCUT2D eigenvalue weighted by Crippen LogP contribution is -2.09. The molecule has 2 aromatic rings. The van der Waals surface area contributed by atoms with Gasteiger partial charge >= 0.3 is 17.9 Å².